The van der Waals surface area contributed by atoms with Crippen molar-refractivity contribution in [1.82, 2.24) is 10.9 Å². The molecule has 6 heteroatoms. The standard InChI is InChI=1S/C24H24N2O4/c1-2-18-10-6-8-14-21(18)29-16-23(27)25-26-24(28)17-30-22-15-9-7-13-20(22)19-11-4-3-5-12-19/h3-15H,2,16-17H2,1H3,(H,25,27)(H,26,28). The Morgan fingerprint density at radius 1 is 0.700 bits per heavy atom. The summed E-state index contributed by atoms with van der Waals surface area (Å²) in [6.45, 7) is 1.58. The second-order valence-electron chi connectivity index (χ2n) is 6.50. The van der Waals surface area contributed by atoms with Gasteiger partial charge < -0.3 is 9.47 Å². The number of benzene rings is 3. The van der Waals surface area contributed by atoms with E-state index in [0.717, 1.165) is 23.1 Å². The van der Waals surface area contributed by atoms with Gasteiger partial charge in [-0.1, -0.05) is 73.7 Å². The topological polar surface area (TPSA) is 76.7 Å². The second-order valence-corrected chi connectivity index (χ2v) is 6.50. The average molecular weight is 404 g/mol. The first-order valence-corrected chi connectivity index (χ1v) is 9.73. The number of ether oxygens (including phenoxy) is 2. The Kier molecular flexibility index (Phi) is 7.44. The summed E-state index contributed by atoms with van der Waals surface area (Å²) in [6, 6.07) is 24.8. The average Bonchev–Trinajstić information content (AvgIpc) is 2.81. The van der Waals surface area contributed by atoms with Gasteiger partial charge in [-0.05, 0) is 29.7 Å². The third-order valence-electron chi connectivity index (χ3n) is 4.38. The summed E-state index contributed by atoms with van der Waals surface area (Å²) in [5.41, 5.74) is 7.56. The Morgan fingerprint density at radius 3 is 1.90 bits per heavy atom. The van der Waals surface area contributed by atoms with Crippen molar-refractivity contribution in [2.45, 2.75) is 13.3 Å². The first-order valence-electron chi connectivity index (χ1n) is 9.73. The fourth-order valence-electron chi connectivity index (χ4n) is 2.88. The van der Waals surface area contributed by atoms with Crippen LogP contribution in [0.2, 0.25) is 0 Å². The van der Waals surface area contributed by atoms with Crippen LogP contribution in [0.3, 0.4) is 0 Å². The predicted octanol–water partition coefficient (Wildman–Crippen LogP) is 3.52. The van der Waals surface area contributed by atoms with E-state index in [1.807, 2.05) is 79.7 Å². The van der Waals surface area contributed by atoms with E-state index in [4.69, 9.17) is 9.47 Å². The van der Waals surface area contributed by atoms with Gasteiger partial charge in [-0.15, -0.1) is 0 Å². The highest BCUT2D eigenvalue weighted by molar-refractivity contribution is 5.83. The highest BCUT2D eigenvalue weighted by atomic mass is 16.5. The Bertz CT molecular complexity index is 989. The van der Waals surface area contributed by atoms with Crippen molar-refractivity contribution in [3.63, 3.8) is 0 Å². The van der Waals surface area contributed by atoms with Gasteiger partial charge in [0.2, 0.25) is 0 Å². The summed E-state index contributed by atoms with van der Waals surface area (Å²) in [4.78, 5) is 24.0. The summed E-state index contributed by atoms with van der Waals surface area (Å²) < 4.78 is 11.2. The lowest BCUT2D eigenvalue weighted by Gasteiger charge is -2.13. The van der Waals surface area contributed by atoms with Gasteiger partial charge >= 0.3 is 0 Å². The molecule has 0 bridgehead atoms. The molecule has 2 amide bonds. The molecule has 0 saturated heterocycles. The Morgan fingerprint density at radius 2 is 1.23 bits per heavy atom. The number of hydrazine groups is 1. The maximum atomic E-state index is 12.1. The Labute approximate surface area is 175 Å². The molecule has 3 aromatic carbocycles. The Balaban J connectivity index is 1.46. The summed E-state index contributed by atoms with van der Waals surface area (Å²) in [5, 5.41) is 0. The van der Waals surface area contributed by atoms with Crippen molar-refractivity contribution in [3.8, 4) is 22.6 Å². The van der Waals surface area contributed by atoms with Crippen LogP contribution in [-0.4, -0.2) is 25.0 Å². The van der Waals surface area contributed by atoms with E-state index in [0.29, 0.717) is 11.5 Å². The van der Waals surface area contributed by atoms with Gasteiger partial charge in [0.1, 0.15) is 11.5 Å². The molecule has 0 fully saturated rings. The van der Waals surface area contributed by atoms with Crippen molar-refractivity contribution in [2.24, 2.45) is 0 Å². The van der Waals surface area contributed by atoms with Crippen molar-refractivity contribution in [1.29, 1.82) is 0 Å². The van der Waals surface area contributed by atoms with Crippen LogP contribution < -0.4 is 20.3 Å². The van der Waals surface area contributed by atoms with E-state index in [1.54, 1.807) is 6.07 Å². The van der Waals surface area contributed by atoms with E-state index in [2.05, 4.69) is 10.9 Å². The van der Waals surface area contributed by atoms with Crippen LogP contribution in [0.4, 0.5) is 0 Å². The molecule has 0 unspecified atom stereocenters. The van der Waals surface area contributed by atoms with Gasteiger partial charge in [0.15, 0.2) is 13.2 Å². The molecule has 6 nitrogen and oxygen atoms in total. The maximum absolute atomic E-state index is 12.1. The molecule has 0 saturated carbocycles. The number of carbonyl (C=O) groups is 2. The van der Waals surface area contributed by atoms with Crippen LogP contribution >= 0.6 is 0 Å². The number of carbonyl (C=O) groups excluding carboxylic acids is 2. The molecule has 30 heavy (non-hydrogen) atoms. The summed E-state index contributed by atoms with van der Waals surface area (Å²) in [7, 11) is 0. The summed E-state index contributed by atoms with van der Waals surface area (Å²) in [6.07, 6.45) is 0.802. The molecule has 0 radical (unpaired) electrons. The first-order chi connectivity index (χ1) is 14.7. The fraction of sp³-hybridized carbons (Fsp3) is 0.167. The number of rotatable bonds is 8. The molecule has 0 heterocycles. The molecule has 2 N–H and O–H groups in total. The predicted molar refractivity (Wildman–Crippen MR) is 115 cm³/mol. The highest BCUT2D eigenvalue weighted by Crippen LogP contribution is 2.29. The molecule has 0 spiro atoms. The number of hydrogen-bond donors (Lipinski definition) is 2. The van der Waals surface area contributed by atoms with Crippen molar-refractivity contribution in [3.05, 3.63) is 84.4 Å². The number of para-hydroxylation sites is 2. The van der Waals surface area contributed by atoms with Gasteiger partial charge in [0.25, 0.3) is 11.8 Å². The van der Waals surface area contributed by atoms with Crippen LogP contribution in [0.5, 0.6) is 11.5 Å². The summed E-state index contributed by atoms with van der Waals surface area (Å²) >= 11 is 0. The maximum Gasteiger partial charge on any atom is 0.276 e. The summed E-state index contributed by atoms with van der Waals surface area (Å²) in [5.74, 6) is 0.311. The highest BCUT2D eigenvalue weighted by Gasteiger charge is 2.10. The molecule has 3 rings (SSSR count). The molecule has 0 aliphatic rings. The molecule has 0 aliphatic heterocycles. The number of aryl methyl sites for hydroxylation is 1. The zero-order valence-corrected chi connectivity index (χ0v) is 16.8. The van der Waals surface area contributed by atoms with Crippen molar-refractivity contribution < 1.29 is 19.1 Å². The van der Waals surface area contributed by atoms with Gasteiger partial charge in [0.05, 0.1) is 0 Å². The molecular weight excluding hydrogens is 380 g/mol. The zero-order valence-electron chi connectivity index (χ0n) is 16.8. The van der Waals surface area contributed by atoms with Crippen LogP contribution in [0.1, 0.15) is 12.5 Å². The number of nitrogens with one attached hydrogen (secondary N) is 2. The second kappa shape index (κ2) is 10.7. The van der Waals surface area contributed by atoms with Gasteiger partial charge in [-0.2, -0.15) is 0 Å². The van der Waals surface area contributed by atoms with Gasteiger partial charge in [-0.25, -0.2) is 0 Å². The Hall–Kier alpha value is -3.80. The van der Waals surface area contributed by atoms with E-state index in [-0.39, 0.29) is 13.2 Å². The smallest absolute Gasteiger partial charge is 0.276 e. The van der Waals surface area contributed by atoms with Crippen LogP contribution in [0, 0.1) is 0 Å². The first kappa shape index (κ1) is 20.9. The van der Waals surface area contributed by atoms with Crippen LogP contribution in [0.15, 0.2) is 78.9 Å². The third kappa shape index (κ3) is 5.85. The van der Waals surface area contributed by atoms with E-state index in [9.17, 15) is 9.59 Å². The van der Waals surface area contributed by atoms with Crippen molar-refractivity contribution >= 4 is 11.8 Å². The molecule has 0 aromatic heterocycles. The lowest BCUT2D eigenvalue weighted by Crippen LogP contribution is -2.45. The van der Waals surface area contributed by atoms with Gasteiger partial charge in [0, 0.05) is 5.56 Å². The van der Waals surface area contributed by atoms with Crippen molar-refractivity contribution in [2.75, 3.05) is 13.2 Å². The van der Waals surface area contributed by atoms with E-state index in [1.165, 1.54) is 0 Å². The molecule has 154 valence electrons. The molecule has 3 aromatic rings. The third-order valence-corrected chi connectivity index (χ3v) is 4.38. The fourth-order valence-corrected chi connectivity index (χ4v) is 2.88. The molecular formula is C24H24N2O4. The lowest BCUT2D eigenvalue weighted by molar-refractivity contribution is -0.131. The van der Waals surface area contributed by atoms with E-state index < -0.39 is 11.8 Å². The molecule has 0 atom stereocenters. The minimum absolute atomic E-state index is 0.199. The normalized spacial score (nSPS) is 10.2. The van der Waals surface area contributed by atoms with Crippen LogP contribution in [0.25, 0.3) is 11.1 Å². The van der Waals surface area contributed by atoms with Crippen LogP contribution in [-0.2, 0) is 16.0 Å². The quantitative estimate of drug-likeness (QED) is 0.563. The van der Waals surface area contributed by atoms with E-state index >= 15 is 0 Å². The monoisotopic (exact) mass is 404 g/mol. The number of hydrogen-bond acceptors (Lipinski definition) is 4. The molecule has 0 aliphatic carbocycles. The number of amides is 2. The van der Waals surface area contributed by atoms with Gasteiger partial charge in [-0.3, -0.25) is 20.4 Å². The SMILES string of the molecule is CCc1ccccc1OCC(=O)NNC(=O)COc1ccccc1-c1ccccc1. The zero-order chi connectivity index (χ0) is 21.2. The largest absolute Gasteiger partial charge is 0.483 e. The lowest BCUT2D eigenvalue weighted by atomic mass is 10.1. The minimum atomic E-state index is -0.472. The minimum Gasteiger partial charge on any atom is -0.483 e.